The molecule has 0 saturated carbocycles. The van der Waals surface area contributed by atoms with Gasteiger partial charge in [0.2, 0.25) is 12.0 Å². The molecule has 14 nitrogen and oxygen atoms in total. The van der Waals surface area contributed by atoms with Crippen LogP contribution in [0.3, 0.4) is 0 Å². The highest BCUT2D eigenvalue weighted by Gasteiger charge is 2.45. The highest BCUT2D eigenvalue weighted by Crippen LogP contribution is 2.45. The van der Waals surface area contributed by atoms with Gasteiger partial charge in [-0.2, -0.15) is 0 Å². The average molecular weight is 645 g/mol. The van der Waals surface area contributed by atoms with Crippen molar-refractivity contribution in [2.24, 2.45) is 0 Å². The van der Waals surface area contributed by atoms with Crippen molar-refractivity contribution >= 4 is 32.9 Å². The zero-order chi connectivity index (χ0) is 33.0. The Morgan fingerprint density at radius 2 is 1.34 bits per heavy atom. The number of phenols is 1. The number of benzene rings is 3. The molecule has 1 unspecified atom stereocenters. The molecule has 3 aromatic heterocycles. The molecule has 4 heterocycles. The molecule has 5 atom stereocenters. The average Bonchev–Trinajstić information content (AvgIpc) is 3.05. The van der Waals surface area contributed by atoms with Crippen molar-refractivity contribution < 1.29 is 53.0 Å². The fourth-order valence-electron chi connectivity index (χ4n) is 5.44. The Morgan fingerprint density at radius 3 is 2.13 bits per heavy atom. The second-order valence-electron chi connectivity index (χ2n) is 10.8. The third kappa shape index (κ3) is 5.39. The molecule has 240 valence electrons. The Bertz CT molecular complexity index is 2340. The van der Waals surface area contributed by atoms with E-state index in [1.807, 2.05) is 0 Å². The maximum Gasteiger partial charge on any atom is 0.379 e. The number of hydrogen-bond donors (Lipinski definition) is 5. The van der Waals surface area contributed by atoms with E-state index in [-0.39, 0.29) is 50.5 Å². The van der Waals surface area contributed by atoms with Gasteiger partial charge in [-0.1, -0.05) is 0 Å². The summed E-state index contributed by atoms with van der Waals surface area (Å²) in [5.41, 5.74) is -2.53. The molecule has 14 heteroatoms. The maximum absolute atomic E-state index is 13.3. The first-order valence-corrected chi connectivity index (χ1v) is 14.2. The van der Waals surface area contributed by atoms with Gasteiger partial charge in [-0.3, -0.25) is 0 Å². The van der Waals surface area contributed by atoms with E-state index in [1.54, 1.807) is 18.2 Å². The maximum atomic E-state index is 13.3. The largest absolute Gasteiger partial charge is 0.507 e. The van der Waals surface area contributed by atoms with E-state index in [0.717, 1.165) is 0 Å². The summed E-state index contributed by atoms with van der Waals surface area (Å²) in [6.07, 6.45) is -8.13. The third-order valence-electron chi connectivity index (χ3n) is 7.76. The minimum Gasteiger partial charge on any atom is -0.507 e. The van der Waals surface area contributed by atoms with Crippen LogP contribution < -0.4 is 26.4 Å². The Hall–Kier alpha value is -5.51. The molecule has 0 radical (unpaired) electrons. The summed E-state index contributed by atoms with van der Waals surface area (Å²) in [4.78, 5) is 37.3. The molecular weight excluding hydrogens is 620 g/mol. The smallest absolute Gasteiger partial charge is 0.379 e. The van der Waals surface area contributed by atoms with Crippen LogP contribution in [0.1, 0.15) is 0 Å². The van der Waals surface area contributed by atoms with Crippen LogP contribution in [0.4, 0.5) is 0 Å². The zero-order valence-electron chi connectivity index (χ0n) is 23.9. The number of ether oxygens (including phenoxy) is 3. The third-order valence-corrected chi connectivity index (χ3v) is 7.76. The predicted octanol–water partition coefficient (Wildman–Crippen LogP) is 2.35. The van der Waals surface area contributed by atoms with E-state index in [4.69, 9.17) is 27.5 Å². The summed E-state index contributed by atoms with van der Waals surface area (Å²) in [5, 5.41) is 53.2. The van der Waals surface area contributed by atoms with Crippen molar-refractivity contribution in [2.45, 2.75) is 30.7 Å². The van der Waals surface area contributed by atoms with Crippen LogP contribution in [0.25, 0.3) is 44.0 Å². The molecular formula is C33H24O14. The predicted molar refractivity (Wildman–Crippen MR) is 163 cm³/mol. The summed E-state index contributed by atoms with van der Waals surface area (Å²) >= 11 is 0. The lowest BCUT2D eigenvalue weighted by Gasteiger charge is -2.39. The van der Waals surface area contributed by atoms with Gasteiger partial charge in [0.25, 0.3) is 0 Å². The van der Waals surface area contributed by atoms with Crippen molar-refractivity contribution in [3.05, 3.63) is 104 Å². The second-order valence-corrected chi connectivity index (χ2v) is 10.8. The summed E-state index contributed by atoms with van der Waals surface area (Å²) in [6, 6.07) is 17.1. The van der Waals surface area contributed by atoms with Gasteiger partial charge in [0, 0.05) is 34.4 Å². The number of rotatable bonds is 6. The highest BCUT2D eigenvalue weighted by atomic mass is 16.7. The van der Waals surface area contributed by atoms with Gasteiger partial charge < -0.3 is 53.0 Å². The number of aromatic hydroxyl groups is 1. The summed E-state index contributed by atoms with van der Waals surface area (Å²) < 4.78 is 33.6. The minimum atomic E-state index is -1.79. The first kappa shape index (κ1) is 30.2. The first-order valence-electron chi connectivity index (χ1n) is 14.2. The van der Waals surface area contributed by atoms with Crippen LogP contribution in [0, 0.1) is 0 Å². The number of fused-ring (bicyclic) bond motifs is 3. The summed E-state index contributed by atoms with van der Waals surface area (Å²) in [5.74, 6) is -0.645. The van der Waals surface area contributed by atoms with Crippen molar-refractivity contribution in [3.8, 4) is 34.1 Å². The molecule has 7 rings (SSSR count). The number of aliphatic hydroxyl groups excluding tert-OH is 4. The van der Waals surface area contributed by atoms with Gasteiger partial charge in [-0.05, 0) is 54.6 Å². The van der Waals surface area contributed by atoms with Gasteiger partial charge in [0.05, 0.1) is 17.7 Å². The van der Waals surface area contributed by atoms with Gasteiger partial charge in [0.1, 0.15) is 52.8 Å². The van der Waals surface area contributed by atoms with Crippen LogP contribution in [-0.2, 0) is 4.74 Å². The van der Waals surface area contributed by atoms with E-state index in [9.17, 15) is 39.9 Å². The molecule has 0 aliphatic carbocycles. The molecule has 5 N–H and O–H groups in total. The minimum absolute atomic E-state index is 0.0818. The molecule has 0 bridgehead atoms. The van der Waals surface area contributed by atoms with Crippen LogP contribution >= 0.6 is 0 Å². The SMILES string of the molecule is O=c1ccc2ccc(Oc3cc4ccc(O)c(-c5c(OC6O[C@H](CO)[C@@H](O)[C@H](O)[C@H]6O)ccc6ccc(=O)oc56)c4oc3=O)cc2o1. The van der Waals surface area contributed by atoms with Crippen LogP contribution in [-0.4, -0.2) is 62.8 Å². The lowest BCUT2D eigenvalue weighted by atomic mass is 9.97. The molecule has 3 aromatic carbocycles. The van der Waals surface area contributed by atoms with Gasteiger partial charge in [0.15, 0.2) is 5.58 Å². The number of aliphatic hydroxyl groups is 4. The monoisotopic (exact) mass is 644 g/mol. The molecule has 0 spiro atoms. The Kier molecular flexibility index (Phi) is 7.50. The zero-order valence-corrected chi connectivity index (χ0v) is 23.9. The van der Waals surface area contributed by atoms with E-state index in [1.165, 1.54) is 54.6 Å². The lowest BCUT2D eigenvalue weighted by molar-refractivity contribution is -0.277. The van der Waals surface area contributed by atoms with Gasteiger partial charge >= 0.3 is 16.9 Å². The van der Waals surface area contributed by atoms with E-state index in [2.05, 4.69) is 0 Å². The number of phenolic OH excluding ortho intramolecular Hbond substituents is 1. The molecule has 1 fully saturated rings. The molecule has 6 aromatic rings. The fraction of sp³-hybridized carbons (Fsp3) is 0.182. The normalized spacial score (nSPS) is 21.3. The van der Waals surface area contributed by atoms with Crippen LogP contribution in [0.15, 0.2) is 100 Å². The number of hydrogen-bond acceptors (Lipinski definition) is 14. The van der Waals surface area contributed by atoms with Gasteiger partial charge in [-0.15, -0.1) is 0 Å². The molecule has 1 aliphatic heterocycles. The van der Waals surface area contributed by atoms with E-state index >= 15 is 0 Å². The molecule has 1 aliphatic rings. The topological polar surface area (TPSA) is 219 Å². The standard InChI is InChI=1S/C33H24O14/c34-13-22-27(38)28(39)29(40)33(45-22)44-19-8-3-15-5-10-24(37)46-30(15)26(19)25-18(35)7-2-16-11-21(32(41)47-31(16)25)42-17-6-1-14-4-9-23(36)43-20(14)12-17/h1-12,22,27-29,33-35,38-40H,13H2/t22-,27-,28+,29-,33?/m1/s1. The Morgan fingerprint density at radius 1 is 0.660 bits per heavy atom. The fourth-order valence-corrected chi connectivity index (χ4v) is 5.44. The first-order chi connectivity index (χ1) is 22.6. The van der Waals surface area contributed by atoms with E-state index < -0.39 is 59.9 Å². The molecule has 0 amide bonds. The van der Waals surface area contributed by atoms with Crippen molar-refractivity contribution in [1.29, 1.82) is 0 Å². The van der Waals surface area contributed by atoms with Crippen LogP contribution in [0.2, 0.25) is 0 Å². The summed E-state index contributed by atoms with van der Waals surface area (Å²) in [6.45, 7) is -0.711. The second kappa shape index (κ2) is 11.7. The highest BCUT2D eigenvalue weighted by molar-refractivity contribution is 6.05. The Labute approximate surface area is 261 Å². The lowest BCUT2D eigenvalue weighted by Crippen LogP contribution is -2.60. The molecule has 47 heavy (non-hydrogen) atoms. The Balaban J connectivity index is 1.37. The molecule has 1 saturated heterocycles. The van der Waals surface area contributed by atoms with Gasteiger partial charge in [-0.25, -0.2) is 14.4 Å². The summed E-state index contributed by atoms with van der Waals surface area (Å²) in [7, 11) is 0. The van der Waals surface area contributed by atoms with Crippen LogP contribution in [0.5, 0.6) is 23.0 Å². The van der Waals surface area contributed by atoms with Crippen molar-refractivity contribution in [1.82, 2.24) is 0 Å². The van der Waals surface area contributed by atoms with E-state index in [0.29, 0.717) is 10.8 Å². The van der Waals surface area contributed by atoms with Crippen molar-refractivity contribution in [3.63, 3.8) is 0 Å². The quantitative estimate of drug-likeness (QED) is 0.164. The van der Waals surface area contributed by atoms with Crippen molar-refractivity contribution in [2.75, 3.05) is 6.61 Å².